The van der Waals surface area contributed by atoms with Crippen molar-refractivity contribution in [3.8, 4) is 0 Å². The van der Waals surface area contributed by atoms with Gasteiger partial charge in [0.05, 0.1) is 10.0 Å². The molecule has 0 saturated heterocycles. The number of halogens is 3. The Hall–Kier alpha value is -0.860. The zero-order chi connectivity index (χ0) is 12.6. The molecule has 0 unspecified atom stereocenters. The van der Waals surface area contributed by atoms with Crippen molar-refractivity contribution < 1.29 is 4.39 Å². The predicted molar refractivity (Wildman–Crippen MR) is 70.3 cm³/mol. The number of pyridine rings is 1. The minimum absolute atomic E-state index is 0.251. The standard InChI is InChI=1S/C13H12Cl2FN/c1-7(2)5-8-6-10(15)12-9(14)3-4-11(16)13(12)17-8/h3-4,6-7H,5H2,1-2H3. The van der Waals surface area contributed by atoms with Gasteiger partial charge in [0.1, 0.15) is 11.3 Å². The third-order valence-corrected chi connectivity index (χ3v) is 3.10. The summed E-state index contributed by atoms with van der Waals surface area (Å²) in [6.07, 6.45) is 0.765. The molecule has 0 aliphatic rings. The zero-order valence-corrected chi connectivity index (χ0v) is 11.1. The zero-order valence-electron chi connectivity index (χ0n) is 9.60. The van der Waals surface area contributed by atoms with Crippen molar-refractivity contribution in [2.45, 2.75) is 20.3 Å². The highest BCUT2D eigenvalue weighted by atomic mass is 35.5. The van der Waals surface area contributed by atoms with Gasteiger partial charge in [-0.1, -0.05) is 37.0 Å². The summed E-state index contributed by atoms with van der Waals surface area (Å²) >= 11 is 12.1. The Morgan fingerprint density at radius 1 is 1.24 bits per heavy atom. The van der Waals surface area contributed by atoms with Gasteiger partial charge < -0.3 is 0 Å². The molecule has 0 atom stereocenters. The number of rotatable bonds is 2. The van der Waals surface area contributed by atoms with Gasteiger partial charge in [0.15, 0.2) is 0 Å². The lowest BCUT2D eigenvalue weighted by molar-refractivity contribution is 0.625. The second kappa shape index (κ2) is 4.79. The Balaban J connectivity index is 2.68. The van der Waals surface area contributed by atoms with Gasteiger partial charge in [-0.15, -0.1) is 0 Å². The van der Waals surface area contributed by atoms with Crippen LogP contribution < -0.4 is 0 Å². The summed E-state index contributed by atoms with van der Waals surface area (Å²) in [5.74, 6) is 0.0511. The van der Waals surface area contributed by atoms with Crippen molar-refractivity contribution in [1.82, 2.24) is 4.98 Å². The van der Waals surface area contributed by atoms with Crippen LogP contribution in [0.1, 0.15) is 19.5 Å². The number of nitrogens with zero attached hydrogens (tertiary/aromatic N) is 1. The Kier molecular flexibility index (Phi) is 3.55. The third kappa shape index (κ3) is 2.53. The van der Waals surface area contributed by atoms with Crippen LogP contribution in [0.25, 0.3) is 10.9 Å². The summed E-state index contributed by atoms with van der Waals surface area (Å²) in [6.45, 7) is 4.15. The highest BCUT2D eigenvalue weighted by Gasteiger charge is 2.12. The van der Waals surface area contributed by atoms with Crippen LogP contribution in [-0.2, 0) is 6.42 Å². The lowest BCUT2D eigenvalue weighted by atomic mass is 10.1. The molecule has 2 rings (SSSR count). The Morgan fingerprint density at radius 2 is 1.94 bits per heavy atom. The molecule has 2 aromatic rings. The van der Waals surface area contributed by atoms with Crippen molar-refractivity contribution in [2.75, 3.05) is 0 Å². The molecule has 0 bridgehead atoms. The summed E-state index contributed by atoms with van der Waals surface area (Å²) in [7, 11) is 0. The van der Waals surface area contributed by atoms with Gasteiger partial charge in [-0.05, 0) is 30.5 Å². The molecule has 0 spiro atoms. The van der Waals surface area contributed by atoms with Crippen molar-refractivity contribution in [1.29, 1.82) is 0 Å². The Bertz CT molecular complexity index is 567. The molecule has 0 N–H and O–H groups in total. The van der Waals surface area contributed by atoms with Crippen LogP contribution in [0, 0.1) is 11.7 Å². The highest BCUT2D eigenvalue weighted by molar-refractivity contribution is 6.42. The smallest absolute Gasteiger partial charge is 0.149 e. The first-order chi connectivity index (χ1) is 7.99. The molecule has 0 amide bonds. The molecule has 0 aliphatic carbocycles. The Morgan fingerprint density at radius 3 is 2.59 bits per heavy atom. The fourth-order valence-electron chi connectivity index (χ4n) is 1.79. The van der Waals surface area contributed by atoms with Crippen LogP contribution >= 0.6 is 23.2 Å². The van der Waals surface area contributed by atoms with Crippen molar-refractivity contribution >= 4 is 34.1 Å². The van der Waals surface area contributed by atoms with E-state index in [2.05, 4.69) is 18.8 Å². The molecule has 0 radical (unpaired) electrons. The molecule has 1 heterocycles. The number of hydrogen-bond donors (Lipinski definition) is 0. The minimum atomic E-state index is -0.392. The van der Waals surface area contributed by atoms with E-state index in [1.807, 2.05) is 0 Å². The predicted octanol–water partition coefficient (Wildman–Crippen LogP) is 4.88. The summed E-state index contributed by atoms with van der Waals surface area (Å²) in [4.78, 5) is 4.29. The lowest BCUT2D eigenvalue weighted by Gasteiger charge is -2.09. The quantitative estimate of drug-likeness (QED) is 0.759. The van der Waals surface area contributed by atoms with E-state index in [1.54, 1.807) is 6.07 Å². The van der Waals surface area contributed by atoms with E-state index in [4.69, 9.17) is 23.2 Å². The minimum Gasteiger partial charge on any atom is -0.250 e. The lowest BCUT2D eigenvalue weighted by Crippen LogP contribution is -1.99. The molecule has 0 saturated carbocycles. The first-order valence-corrected chi connectivity index (χ1v) is 6.17. The van der Waals surface area contributed by atoms with Gasteiger partial charge in [-0.3, -0.25) is 0 Å². The third-order valence-electron chi connectivity index (χ3n) is 2.48. The van der Waals surface area contributed by atoms with Crippen molar-refractivity contribution in [3.63, 3.8) is 0 Å². The monoisotopic (exact) mass is 271 g/mol. The molecule has 1 nitrogen and oxygen atoms in total. The normalized spacial score (nSPS) is 11.4. The van der Waals surface area contributed by atoms with Gasteiger partial charge in [-0.2, -0.15) is 0 Å². The number of fused-ring (bicyclic) bond motifs is 1. The van der Waals surface area contributed by atoms with Gasteiger partial charge >= 0.3 is 0 Å². The molecule has 90 valence electrons. The highest BCUT2D eigenvalue weighted by Crippen LogP contribution is 2.31. The molecule has 17 heavy (non-hydrogen) atoms. The van der Waals surface area contributed by atoms with Gasteiger partial charge in [0.25, 0.3) is 0 Å². The topological polar surface area (TPSA) is 12.9 Å². The van der Waals surface area contributed by atoms with E-state index in [1.165, 1.54) is 12.1 Å². The van der Waals surface area contributed by atoms with E-state index in [9.17, 15) is 4.39 Å². The molecule has 1 aromatic heterocycles. The average Bonchev–Trinajstić information content (AvgIpc) is 2.22. The van der Waals surface area contributed by atoms with Gasteiger partial charge in [-0.25, -0.2) is 9.37 Å². The van der Waals surface area contributed by atoms with Crippen molar-refractivity contribution in [3.05, 3.63) is 39.8 Å². The van der Waals surface area contributed by atoms with Crippen LogP contribution in [0.15, 0.2) is 18.2 Å². The first kappa shape index (κ1) is 12.6. The van der Waals surface area contributed by atoms with E-state index >= 15 is 0 Å². The molecule has 1 aromatic carbocycles. The molecular formula is C13H12Cl2FN. The summed E-state index contributed by atoms with van der Waals surface area (Å²) in [6, 6.07) is 4.57. The summed E-state index contributed by atoms with van der Waals surface area (Å²) in [5, 5.41) is 1.37. The fraction of sp³-hybridized carbons (Fsp3) is 0.308. The van der Waals surface area contributed by atoms with Crippen molar-refractivity contribution in [2.24, 2.45) is 5.92 Å². The summed E-state index contributed by atoms with van der Waals surface area (Å²) < 4.78 is 13.7. The molecule has 0 aliphatic heterocycles. The Labute approximate surface area is 110 Å². The van der Waals surface area contributed by atoms with E-state index in [0.29, 0.717) is 21.3 Å². The number of hydrogen-bond acceptors (Lipinski definition) is 1. The SMILES string of the molecule is CC(C)Cc1cc(Cl)c2c(Cl)ccc(F)c2n1. The number of aromatic nitrogens is 1. The molecule has 4 heteroatoms. The average molecular weight is 272 g/mol. The maximum atomic E-state index is 13.7. The largest absolute Gasteiger partial charge is 0.250 e. The van der Waals surface area contributed by atoms with E-state index < -0.39 is 5.82 Å². The van der Waals surface area contributed by atoms with Gasteiger partial charge in [0, 0.05) is 11.1 Å². The second-order valence-corrected chi connectivity index (χ2v) is 5.26. The maximum Gasteiger partial charge on any atom is 0.149 e. The van der Waals surface area contributed by atoms with Crippen LogP contribution in [-0.4, -0.2) is 4.98 Å². The fourth-order valence-corrected chi connectivity index (χ4v) is 2.41. The van der Waals surface area contributed by atoms with Crippen LogP contribution in [0.3, 0.4) is 0 Å². The second-order valence-electron chi connectivity index (χ2n) is 4.45. The summed E-state index contributed by atoms with van der Waals surface area (Å²) in [5.41, 5.74) is 1.04. The van der Waals surface area contributed by atoms with E-state index in [-0.39, 0.29) is 5.52 Å². The first-order valence-electron chi connectivity index (χ1n) is 5.42. The van der Waals surface area contributed by atoms with Gasteiger partial charge in [0.2, 0.25) is 0 Å². The van der Waals surface area contributed by atoms with Crippen LogP contribution in [0.4, 0.5) is 4.39 Å². The van der Waals surface area contributed by atoms with Crippen LogP contribution in [0.2, 0.25) is 10.0 Å². The maximum absolute atomic E-state index is 13.7. The van der Waals surface area contributed by atoms with Crippen LogP contribution in [0.5, 0.6) is 0 Å². The molecule has 0 fully saturated rings. The number of benzene rings is 1. The van der Waals surface area contributed by atoms with E-state index in [0.717, 1.165) is 12.1 Å². The molecular weight excluding hydrogens is 260 g/mol.